The zero-order valence-corrected chi connectivity index (χ0v) is 13.4. The van der Waals surface area contributed by atoms with Gasteiger partial charge in [0.1, 0.15) is 0 Å². The van der Waals surface area contributed by atoms with Crippen molar-refractivity contribution in [3.05, 3.63) is 24.2 Å². The van der Waals surface area contributed by atoms with Crippen LogP contribution in [0.5, 0.6) is 0 Å². The van der Waals surface area contributed by atoms with Crippen molar-refractivity contribution in [1.82, 2.24) is 15.1 Å². The maximum absolute atomic E-state index is 12.2. The quantitative estimate of drug-likeness (QED) is 0.483. The molecule has 2 heterocycles. The van der Waals surface area contributed by atoms with Crippen molar-refractivity contribution < 1.29 is 18.7 Å². The Morgan fingerprint density at radius 2 is 2.00 bits per heavy atom. The van der Waals surface area contributed by atoms with E-state index in [1.807, 2.05) is 0 Å². The maximum Gasteiger partial charge on any atom is 0.307 e. The van der Waals surface area contributed by atoms with Crippen molar-refractivity contribution >= 4 is 17.8 Å². The summed E-state index contributed by atoms with van der Waals surface area (Å²) in [5.41, 5.74) is 0. The summed E-state index contributed by atoms with van der Waals surface area (Å²) in [4.78, 5) is 31.4. The molecule has 8 nitrogen and oxygen atoms in total. The number of piperazine rings is 1. The van der Waals surface area contributed by atoms with Crippen molar-refractivity contribution in [3.8, 4) is 0 Å². The van der Waals surface area contributed by atoms with Gasteiger partial charge in [0.05, 0.1) is 19.8 Å². The Morgan fingerprint density at radius 1 is 1.30 bits per heavy atom. The molecule has 0 spiro atoms. The molecule has 0 atom stereocenters. The summed E-state index contributed by atoms with van der Waals surface area (Å²) in [6.07, 6.45) is 1.78. The number of furan rings is 1. The second-order valence-electron chi connectivity index (χ2n) is 5.06. The second-order valence-corrected chi connectivity index (χ2v) is 5.06. The first-order valence-electron chi connectivity index (χ1n) is 7.51. The van der Waals surface area contributed by atoms with Crippen molar-refractivity contribution in [2.24, 2.45) is 4.99 Å². The molecule has 1 fully saturated rings. The van der Waals surface area contributed by atoms with Crippen LogP contribution in [0.25, 0.3) is 0 Å². The molecule has 1 aromatic rings. The molecular formula is C15H22N4O4. The van der Waals surface area contributed by atoms with E-state index in [0.717, 1.165) is 5.96 Å². The molecule has 1 aliphatic rings. The molecule has 0 bridgehead atoms. The molecule has 0 radical (unpaired) electrons. The molecule has 1 aromatic heterocycles. The SMILES string of the molecule is CN=C(NCCC(=O)OC)N1CCN(C(=O)c2ccco2)CC1. The third kappa shape index (κ3) is 4.48. The van der Waals surface area contributed by atoms with Crippen LogP contribution in [0.1, 0.15) is 17.0 Å². The highest BCUT2D eigenvalue weighted by Crippen LogP contribution is 2.09. The fourth-order valence-electron chi connectivity index (χ4n) is 2.39. The molecule has 8 heteroatoms. The number of nitrogens with zero attached hydrogens (tertiary/aromatic N) is 3. The number of guanidine groups is 1. The number of ether oxygens (including phenoxy) is 1. The van der Waals surface area contributed by atoms with Crippen LogP contribution in [0.15, 0.2) is 27.8 Å². The van der Waals surface area contributed by atoms with Crippen molar-refractivity contribution in [3.63, 3.8) is 0 Å². The molecule has 1 amide bonds. The number of hydrogen-bond acceptors (Lipinski definition) is 5. The van der Waals surface area contributed by atoms with Gasteiger partial charge in [-0.05, 0) is 12.1 Å². The molecule has 1 aliphatic heterocycles. The van der Waals surface area contributed by atoms with Gasteiger partial charge >= 0.3 is 5.97 Å². The van der Waals surface area contributed by atoms with Crippen molar-refractivity contribution in [1.29, 1.82) is 0 Å². The van der Waals surface area contributed by atoms with Gasteiger partial charge in [-0.2, -0.15) is 0 Å². The summed E-state index contributed by atoms with van der Waals surface area (Å²) in [6.45, 7) is 2.99. The predicted octanol–water partition coefficient (Wildman–Crippen LogP) is 0.176. The van der Waals surface area contributed by atoms with E-state index in [9.17, 15) is 9.59 Å². The summed E-state index contributed by atoms with van der Waals surface area (Å²) in [6, 6.07) is 3.37. The van der Waals surface area contributed by atoms with Crippen LogP contribution in [0.4, 0.5) is 0 Å². The van der Waals surface area contributed by atoms with Crippen LogP contribution in [-0.2, 0) is 9.53 Å². The van der Waals surface area contributed by atoms with Crippen molar-refractivity contribution in [2.75, 3.05) is 46.9 Å². The highest BCUT2D eigenvalue weighted by atomic mass is 16.5. The summed E-state index contributed by atoms with van der Waals surface area (Å²) in [5.74, 6) is 0.725. The third-order valence-corrected chi connectivity index (χ3v) is 3.65. The van der Waals surface area contributed by atoms with Gasteiger partial charge in [-0.1, -0.05) is 0 Å². The van der Waals surface area contributed by atoms with E-state index in [1.54, 1.807) is 24.1 Å². The molecule has 23 heavy (non-hydrogen) atoms. The second kappa shape index (κ2) is 8.21. The van der Waals surface area contributed by atoms with Gasteiger partial charge in [0.25, 0.3) is 5.91 Å². The van der Waals surface area contributed by atoms with Gasteiger partial charge in [0, 0.05) is 39.8 Å². The zero-order valence-electron chi connectivity index (χ0n) is 13.4. The number of amides is 1. The Labute approximate surface area is 135 Å². The van der Waals surface area contributed by atoms with Gasteiger partial charge in [-0.15, -0.1) is 0 Å². The van der Waals surface area contributed by atoms with Crippen LogP contribution in [-0.4, -0.2) is 74.5 Å². The Hall–Kier alpha value is -2.51. The van der Waals surface area contributed by atoms with Gasteiger partial charge in [-0.25, -0.2) is 0 Å². The number of carbonyl (C=O) groups is 2. The van der Waals surface area contributed by atoms with E-state index >= 15 is 0 Å². The van der Waals surface area contributed by atoms with E-state index < -0.39 is 0 Å². The number of hydrogen-bond donors (Lipinski definition) is 1. The van der Waals surface area contributed by atoms with Crippen LogP contribution < -0.4 is 5.32 Å². The van der Waals surface area contributed by atoms with Gasteiger partial charge in [-0.3, -0.25) is 14.6 Å². The number of methoxy groups -OCH3 is 1. The van der Waals surface area contributed by atoms with Crippen LogP contribution >= 0.6 is 0 Å². The van der Waals surface area contributed by atoms with E-state index in [4.69, 9.17) is 4.42 Å². The Morgan fingerprint density at radius 3 is 2.57 bits per heavy atom. The number of rotatable bonds is 4. The normalized spacial score (nSPS) is 15.5. The monoisotopic (exact) mass is 322 g/mol. The average Bonchev–Trinajstić information content (AvgIpc) is 3.12. The highest BCUT2D eigenvalue weighted by Gasteiger charge is 2.25. The first-order valence-corrected chi connectivity index (χ1v) is 7.51. The first kappa shape index (κ1) is 16.9. The number of esters is 1. The lowest BCUT2D eigenvalue weighted by molar-refractivity contribution is -0.140. The van der Waals surface area contributed by atoms with E-state index in [1.165, 1.54) is 13.4 Å². The molecule has 0 saturated carbocycles. The zero-order chi connectivity index (χ0) is 16.7. The molecule has 126 valence electrons. The summed E-state index contributed by atoms with van der Waals surface area (Å²) >= 11 is 0. The lowest BCUT2D eigenvalue weighted by Gasteiger charge is -2.36. The fraction of sp³-hybridized carbons (Fsp3) is 0.533. The summed E-state index contributed by atoms with van der Waals surface area (Å²) in [7, 11) is 3.06. The fourth-order valence-corrected chi connectivity index (χ4v) is 2.39. The summed E-state index contributed by atoms with van der Waals surface area (Å²) in [5, 5.41) is 3.13. The lowest BCUT2D eigenvalue weighted by Crippen LogP contribution is -2.53. The first-order chi connectivity index (χ1) is 11.2. The lowest BCUT2D eigenvalue weighted by atomic mass is 10.3. The molecular weight excluding hydrogens is 300 g/mol. The van der Waals surface area contributed by atoms with Gasteiger partial charge in [0.15, 0.2) is 11.7 Å². The minimum absolute atomic E-state index is 0.0942. The average molecular weight is 322 g/mol. The summed E-state index contributed by atoms with van der Waals surface area (Å²) < 4.78 is 9.75. The highest BCUT2D eigenvalue weighted by molar-refractivity contribution is 5.91. The maximum atomic E-state index is 12.2. The molecule has 1 saturated heterocycles. The smallest absolute Gasteiger partial charge is 0.307 e. The molecule has 0 unspecified atom stereocenters. The van der Waals surface area contributed by atoms with Gasteiger partial charge in [0.2, 0.25) is 0 Å². The Bertz CT molecular complexity index is 548. The Kier molecular flexibility index (Phi) is 6.02. The molecule has 2 rings (SSSR count). The molecule has 0 aromatic carbocycles. The number of nitrogens with one attached hydrogen (secondary N) is 1. The third-order valence-electron chi connectivity index (χ3n) is 3.65. The van der Waals surface area contributed by atoms with Crippen LogP contribution in [0, 0.1) is 0 Å². The topological polar surface area (TPSA) is 87.4 Å². The van der Waals surface area contributed by atoms with Crippen LogP contribution in [0.2, 0.25) is 0 Å². The predicted molar refractivity (Wildman–Crippen MR) is 84.2 cm³/mol. The van der Waals surface area contributed by atoms with Crippen LogP contribution in [0.3, 0.4) is 0 Å². The van der Waals surface area contributed by atoms with Crippen molar-refractivity contribution in [2.45, 2.75) is 6.42 Å². The standard InChI is InChI=1S/C15H22N4O4/c1-16-15(17-6-5-13(20)22-2)19-9-7-18(8-10-19)14(21)12-4-3-11-23-12/h3-4,11H,5-10H2,1-2H3,(H,16,17). The molecule has 0 aliphatic carbocycles. The van der Waals surface area contributed by atoms with E-state index in [0.29, 0.717) is 38.5 Å². The molecule has 1 N–H and O–H groups in total. The van der Waals surface area contributed by atoms with E-state index in [2.05, 4.69) is 19.9 Å². The number of aliphatic imine (C=N–C) groups is 1. The minimum Gasteiger partial charge on any atom is -0.469 e. The minimum atomic E-state index is -0.262. The Balaban J connectivity index is 1.80. The number of carbonyl (C=O) groups excluding carboxylic acids is 2. The van der Waals surface area contributed by atoms with E-state index in [-0.39, 0.29) is 18.3 Å². The largest absolute Gasteiger partial charge is 0.469 e. The van der Waals surface area contributed by atoms with Gasteiger partial charge < -0.3 is 24.3 Å².